The largest absolute Gasteiger partial charge is 0.497 e. The van der Waals surface area contributed by atoms with Crippen molar-refractivity contribution < 1.29 is 9.53 Å². The molecule has 1 amide bonds. The zero-order valence-electron chi connectivity index (χ0n) is 16.8. The summed E-state index contributed by atoms with van der Waals surface area (Å²) in [7, 11) is 1.63. The molecule has 2 saturated heterocycles. The Balaban J connectivity index is 1.49. The minimum absolute atomic E-state index is 0.111. The van der Waals surface area contributed by atoms with Crippen molar-refractivity contribution in [2.45, 2.75) is 26.2 Å². The van der Waals surface area contributed by atoms with Gasteiger partial charge < -0.3 is 15.0 Å². The van der Waals surface area contributed by atoms with Crippen molar-refractivity contribution in [2.75, 3.05) is 25.1 Å². The van der Waals surface area contributed by atoms with Gasteiger partial charge in [0.1, 0.15) is 5.75 Å². The van der Waals surface area contributed by atoms with E-state index in [0.29, 0.717) is 10.1 Å². The molecule has 2 heterocycles. The van der Waals surface area contributed by atoms with E-state index in [9.17, 15) is 4.79 Å². The number of hydrogen-bond donors (Lipinski definition) is 1. The fourth-order valence-electron chi connectivity index (χ4n) is 3.66. The first-order valence-electron chi connectivity index (χ1n) is 9.91. The lowest BCUT2D eigenvalue weighted by atomic mass is 10.1. The molecular weight excluding hydrogens is 382 g/mol. The average molecular weight is 408 g/mol. The van der Waals surface area contributed by atoms with Crippen molar-refractivity contribution >= 4 is 40.3 Å². The van der Waals surface area contributed by atoms with E-state index in [0.717, 1.165) is 30.1 Å². The number of hydrogen-bond acceptors (Lipinski definition) is 5. The minimum Gasteiger partial charge on any atom is -0.497 e. The van der Waals surface area contributed by atoms with Crippen LogP contribution in [-0.4, -0.2) is 31.3 Å². The Kier molecular flexibility index (Phi) is 5.90. The molecule has 2 aromatic carbocycles. The van der Waals surface area contributed by atoms with Crippen LogP contribution in [0.25, 0.3) is 6.08 Å². The van der Waals surface area contributed by atoms with E-state index >= 15 is 0 Å². The van der Waals surface area contributed by atoms with Crippen LogP contribution in [0.1, 0.15) is 30.4 Å². The number of piperidine rings is 1. The number of amides is 1. The first-order chi connectivity index (χ1) is 14.1. The molecule has 6 heteroatoms. The summed E-state index contributed by atoms with van der Waals surface area (Å²) in [6.45, 7) is 4.40. The van der Waals surface area contributed by atoms with Gasteiger partial charge >= 0.3 is 0 Å². The van der Waals surface area contributed by atoms with Gasteiger partial charge in [0.25, 0.3) is 5.91 Å². The summed E-state index contributed by atoms with van der Waals surface area (Å²) in [5, 5.41) is 3.44. The van der Waals surface area contributed by atoms with E-state index in [1.54, 1.807) is 7.11 Å². The van der Waals surface area contributed by atoms with E-state index in [1.165, 1.54) is 42.3 Å². The molecule has 5 nitrogen and oxygen atoms in total. The van der Waals surface area contributed by atoms with Crippen LogP contribution >= 0.6 is 11.8 Å². The van der Waals surface area contributed by atoms with Crippen LogP contribution in [0.15, 0.2) is 52.4 Å². The van der Waals surface area contributed by atoms with Gasteiger partial charge in [-0.25, -0.2) is 4.99 Å². The highest BCUT2D eigenvalue weighted by atomic mass is 32.2. The molecule has 29 heavy (non-hydrogen) atoms. The maximum atomic E-state index is 12.4. The summed E-state index contributed by atoms with van der Waals surface area (Å²) in [5.41, 5.74) is 4.36. The number of thioether (sulfide) groups is 1. The van der Waals surface area contributed by atoms with Gasteiger partial charge in [0.15, 0.2) is 5.17 Å². The zero-order chi connectivity index (χ0) is 20.2. The zero-order valence-corrected chi connectivity index (χ0v) is 17.6. The SMILES string of the molecule is COc1ccc(N=C2NC(=O)/C(=C\c3ccc(N4CCCCC4)c(C)c3)S2)cc1. The molecule has 0 aromatic heterocycles. The highest BCUT2D eigenvalue weighted by molar-refractivity contribution is 8.18. The molecule has 4 rings (SSSR count). The number of ether oxygens (including phenoxy) is 1. The summed E-state index contributed by atoms with van der Waals surface area (Å²) < 4.78 is 5.16. The van der Waals surface area contributed by atoms with Crippen molar-refractivity contribution in [1.29, 1.82) is 0 Å². The molecule has 2 fully saturated rings. The molecular formula is C23H25N3O2S. The van der Waals surface area contributed by atoms with Gasteiger partial charge in [-0.1, -0.05) is 6.07 Å². The molecule has 2 aliphatic rings. The summed E-state index contributed by atoms with van der Waals surface area (Å²) in [5.74, 6) is 0.668. The first-order valence-corrected chi connectivity index (χ1v) is 10.7. The van der Waals surface area contributed by atoms with Crippen molar-refractivity contribution in [3.63, 3.8) is 0 Å². The minimum atomic E-state index is -0.111. The van der Waals surface area contributed by atoms with Crippen LogP contribution < -0.4 is 15.0 Å². The standard InChI is InChI=1S/C23H25N3O2S/c1-16-14-17(6-11-20(16)26-12-4-3-5-13-26)15-21-22(27)25-23(29-21)24-18-7-9-19(28-2)10-8-18/h6-11,14-15H,3-5,12-13H2,1-2H3,(H,24,25,27)/b21-15+. The number of carbonyl (C=O) groups excluding carboxylic acids is 1. The third-order valence-corrected chi connectivity index (χ3v) is 6.08. The Morgan fingerprint density at radius 3 is 2.55 bits per heavy atom. The fraction of sp³-hybridized carbons (Fsp3) is 0.304. The molecule has 0 atom stereocenters. The van der Waals surface area contributed by atoms with E-state index in [4.69, 9.17) is 4.74 Å². The second-order valence-electron chi connectivity index (χ2n) is 7.27. The highest BCUT2D eigenvalue weighted by Crippen LogP contribution is 2.30. The van der Waals surface area contributed by atoms with Gasteiger partial charge in [-0.05, 0) is 91.5 Å². The molecule has 0 bridgehead atoms. The summed E-state index contributed by atoms with van der Waals surface area (Å²) in [6.07, 6.45) is 5.78. The van der Waals surface area contributed by atoms with Gasteiger partial charge in [0, 0.05) is 18.8 Å². The lowest BCUT2D eigenvalue weighted by Crippen LogP contribution is -2.29. The molecule has 0 unspecified atom stereocenters. The van der Waals surface area contributed by atoms with Gasteiger partial charge in [-0.3, -0.25) is 4.79 Å². The maximum Gasteiger partial charge on any atom is 0.264 e. The van der Waals surface area contributed by atoms with Crippen LogP contribution in [0.2, 0.25) is 0 Å². The lowest BCUT2D eigenvalue weighted by Gasteiger charge is -2.30. The third kappa shape index (κ3) is 4.65. The Labute approximate surface area is 175 Å². The number of methoxy groups -OCH3 is 1. The summed E-state index contributed by atoms with van der Waals surface area (Å²) >= 11 is 1.37. The van der Waals surface area contributed by atoms with E-state index in [1.807, 2.05) is 30.3 Å². The molecule has 0 spiro atoms. The summed E-state index contributed by atoms with van der Waals surface area (Å²) in [4.78, 5) is 20.0. The van der Waals surface area contributed by atoms with Crippen LogP contribution in [0.3, 0.4) is 0 Å². The predicted molar refractivity (Wildman–Crippen MR) is 121 cm³/mol. The first kappa shape index (κ1) is 19.6. The molecule has 1 N–H and O–H groups in total. The number of aryl methyl sites for hydroxylation is 1. The predicted octanol–water partition coefficient (Wildman–Crippen LogP) is 4.89. The van der Waals surface area contributed by atoms with E-state index in [-0.39, 0.29) is 5.91 Å². The van der Waals surface area contributed by atoms with Crippen molar-refractivity contribution in [1.82, 2.24) is 5.32 Å². The summed E-state index contributed by atoms with van der Waals surface area (Å²) in [6, 6.07) is 13.9. The van der Waals surface area contributed by atoms with Crippen molar-refractivity contribution in [3.05, 3.63) is 58.5 Å². The molecule has 0 saturated carbocycles. The second kappa shape index (κ2) is 8.74. The third-order valence-electron chi connectivity index (χ3n) is 5.17. The molecule has 0 radical (unpaired) electrons. The second-order valence-corrected chi connectivity index (χ2v) is 8.30. The van der Waals surface area contributed by atoms with Gasteiger partial charge in [0.05, 0.1) is 17.7 Å². The molecule has 0 aliphatic carbocycles. The Morgan fingerprint density at radius 1 is 1.10 bits per heavy atom. The van der Waals surface area contributed by atoms with Crippen molar-refractivity contribution in [2.24, 2.45) is 4.99 Å². The Morgan fingerprint density at radius 2 is 1.86 bits per heavy atom. The van der Waals surface area contributed by atoms with Crippen molar-refractivity contribution in [3.8, 4) is 5.75 Å². The van der Waals surface area contributed by atoms with Gasteiger partial charge in [-0.2, -0.15) is 0 Å². The van der Waals surface area contributed by atoms with E-state index in [2.05, 4.69) is 40.3 Å². The number of carbonyl (C=O) groups is 1. The average Bonchev–Trinajstić information content (AvgIpc) is 3.08. The number of anilines is 1. The number of aliphatic imine (C=N–C) groups is 1. The number of benzene rings is 2. The fourth-order valence-corrected chi connectivity index (χ4v) is 4.51. The number of nitrogens with zero attached hydrogens (tertiary/aromatic N) is 2. The van der Waals surface area contributed by atoms with E-state index < -0.39 is 0 Å². The number of amidine groups is 1. The number of rotatable bonds is 4. The Bertz CT molecular complexity index is 961. The lowest BCUT2D eigenvalue weighted by molar-refractivity contribution is -0.115. The quantitative estimate of drug-likeness (QED) is 0.734. The van der Waals surface area contributed by atoms with Crippen LogP contribution in [0.5, 0.6) is 5.75 Å². The van der Waals surface area contributed by atoms with Crippen LogP contribution in [0.4, 0.5) is 11.4 Å². The number of nitrogens with one attached hydrogen (secondary N) is 1. The van der Waals surface area contributed by atoms with Crippen LogP contribution in [0, 0.1) is 6.92 Å². The smallest absolute Gasteiger partial charge is 0.264 e. The normalized spacial score (nSPS) is 19.7. The topological polar surface area (TPSA) is 53.9 Å². The Hall–Kier alpha value is -2.73. The molecule has 2 aliphatic heterocycles. The van der Waals surface area contributed by atoms with Crippen LogP contribution in [-0.2, 0) is 4.79 Å². The molecule has 150 valence electrons. The van der Waals surface area contributed by atoms with Gasteiger partial charge in [-0.15, -0.1) is 0 Å². The molecule has 2 aromatic rings. The highest BCUT2D eigenvalue weighted by Gasteiger charge is 2.24. The maximum absolute atomic E-state index is 12.4. The monoisotopic (exact) mass is 407 g/mol. The van der Waals surface area contributed by atoms with Gasteiger partial charge in [0.2, 0.25) is 0 Å².